The first-order valence-corrected chi connectivity index (χ1v) is 11.5. The summed E-state index contributed by atoms with van der Waals surface area (Å²) in [6, 6.07) is 8.30. The van der Waals surface area contributed by atoms with Crippen LogP contribution in [0.15, 0.2) is 29.3 Å². The molecule has 162 valence electrons. The van der Waals surface area contributed by atoms with E-state index in [-0.39, 0.29) is 24.2 Å². The smallest absolute Gasteiger partial charge is 0.399 e. The third-order valence-electron chi connectivity index (χ3n) is 7.33. The van der Waals surface area contributed by atoms with Crippen LogP contribution < -0.4 is 5.46 Å². The Hall–Kier alpha value is -1.66. The van der Waals surface area contributed by atoms with Crippen molar-refractivity contribution in [3.63, 3.8) is 0 Å². The van der Waals surface area contributed by atoms with Crippen molar-refractivity contribution in [3.8, 4) is 0 Å². The molecule has 4 rings (SSSR count). The predicted molar refractivity (Wildman–Crippen MR) is 121 cm³/mol. The maximum atomic E-state index is 13.3. The zero-order valence-corrected chi connectivity index (χ0v) is 19.2. The monoisotopic (exact) mass is 410 g/mol. The van der Waals surface area contributed by atoms with Crippen LogP contribution in [0.2, 0.25) is 0 Å². The molecule has 2 aliphatic heterocycles. The van der Waals surface area contributed by atoms with Gasteiger partial charge < -0.3 is 9.31 Å². The Morgan fingerprint density at radius 1 is 1.03 bits per heavy atom. The molecule has 0 bridgehead atoms. The molecule has 1 aromatic carbocycles. The fourth-order valence-electron chi connectivity index (χ4n) is 4.64. The number of amidine groups is 1. The van der Waals surface area contributed by atoms with Crippen LogP contribution in [0.5, 0.6) is 0 Å². The number of aliphatic imine (C=N–C) groups is 1. The number of hydrogen-bond acceptors (Lipinski definition) is 4. The average Bonchev–Trinajstić information content (AvgIpc) is 3.33. The van der Waals surface area contributed by atoms with Crippen molar-refractivity contribution < 1.29 is 14.1 Å². The minimum atomic E-state index is -0.467. The Kier molecular flexibility index (Phi) is 5.60. The second kappa shape index (κ2) is 7.79. The summed E-state index contributed by atoms with van der Waals surface area (Å²) in [6.45, 7) is 11.0. The molecule has 1 spiro atoms. The molecule has 6 heteroatoms. The molecule has 3 aliphatic rings. The Morgan fingerprint density at radius 3 is 2.20 bits per heavy atom. The van der Waals surface area contributed by atoms with Gasteiger partial charge in [0.1, 0.15) is 11.4 Å². The van der Waals surface area contributed by atoms with E-state index in [1.165, 1.54) is 0 Å². The molecule has 1 saturated heterocycles. The summed E-state index contributed by atoms with van der Waals surface area (Å²) in [5.74, 6) is 1.19. The van der Waals surface area contributed by atoms with Gasteiger partial charge >= 0.3 is 7.12 Å². The fourth-order valence-corrected chi connectivity index (χ4v) is 4.64. The largest absolute Gasteiger partial charge is 0.494 e. The van der Waals surface area contributed by atoms with Crippen LogP contribution >= 0.6 is 0 Å². The average molecular weight is 410 g/mol. The van der Waals surface area contributed by atoms with Crippen molar-refractivity contribution in [1.29, 1.82) is 0 Å². The highest BCUT2D eigenvalue weighted by molar-refractivity contribution is 6.62. The van der Waals surface area contributed by atoms with Gasteiger partial charge in [-0.2, -0.15) is 0 Å². The zero-order chi connectivity index (χ0) is 21.6. The van der Waals surface area contributed by atoms with E-state index in [0.717, 1.165) is 61.8 Å². The van der Waals surface area contributed by atoms with E-state index in [1.807, 2.05) is 4.90 Å². The van der Waals surface area contributed by atoms with Gasteiger partial charge in [-0.3, -0.25) is 14.7 Å². The van der Waals surface area contributed by atoms with Crippen LogP contribution in [0.25, 0.3) is 0 Å². The molecule has 2 fully saturated rings. The first-order chi connectivity index (χ1) is 14.2. The highest BCUT2D eigenvalue weighted by Crippen LogP contribution is 2.40. The molecule has 0 N–H and O–H groups in total. The lowest BCUT2D eigenvalue weighted by Gasteiger charge is -2.32. The Labute approximate surface area is 181 Å². The normalized spacial score (nSPS) is 24.2. The van der Waals surface area contributed by atoms with Crippen LogP contribution in [0.4, 0.5) is 0 Å². The van der Waals surface area contributed by atoms with Crippen molar-refractivity contribution in [2.45, 2.75) is 103 Å². The third-order valence-corrected chi connectivity index (χ3v) is 7.33. The van der Waals surface area contributed by atoms with Crippen LogP contribution in [-0.2, 0) is 20.6 Å². The summed E-state index contributed by atoms with van der Waals surface area (Å²) in [5, 5.41) is 0. The lowest BCUT2D eigenvalue weighted by molar-refractivity contribution is -0.131. The van der Waals surface area contributed by atoms with Crippen LogP contribution in [0.3, 0.4) is 0 Å². The summed E-state index contributed by atoms with van der Waals surface area (Å²) in [6.07, 6.45) is 7.07. The maximum Gasteiger partial charge on any atom is 0.494 e. The van der Waals surface area contributed by atoms with Crippen molar-refractivity contribution in [2.75, 3.05) is 0 Å². The zero-order valence-electron chi connectivity index (χ0n) is 19.2. The van der Waals surface area contributed by atoms with Crippen molar-refractivity contribution in [3.05, 3.63) is 29.8 Å². The second-order valence-electron chi connectivity index (χ2n) is 10.1. The first-order valence-electron chi connectivity index (χ1n) is 11.5. The molecule has 0 atom stereocenters. The number of unbranched alkanes of at least 4 members (excludes halogenated alkanes) is 1. The van der Waals surface area contributed by atoms with E-state index in [9.17, 15) is 4.79 Å². The van der Waals surface area contributed by atoms with E-state index < -0.39 is 5.54 Å². The topological polar surface area (TPSA) is 51.1 Å². The standard InChI is InChI=1S/C24H35BN2O3/c1-6-7-10-20-26-24(15-8-9-16-24)21(28)27(20)17-18-11-13-19(14-12-18)25-29-22(2,3)23(4,5)30-25/h11-14H,6-10,15-17H2,1-5H3. The van der Waals surface area contributed by atoms with Crippen molar-refractivity contribution in [2.24, 2.45) is 4.99 Å². The van der Waals surface area contributed by atoms with Crippen molar-refractivity contribution >= 4 is 24.3 Å². The number of hydrogen-bond donors (Lipinski definition) is 0. The minimum absolute atomic E-state index is 0.209. The molecule has 0 radical (unpaired) electrons. The summed E-state index contributed by atoms with van der Waals surface area (Å²) in [7, 11) is -0.360. The second-order valence-corrected chi connectivity index (χ2v) is 10.1. The van der Waals surface area contributed by atoms with Gasteiger partial charge in [0.2, 0.25) is 0 Å². The Bertz CT molecular complexity index is 809. The number of benzene rings is 1. The highest BCUT2D eigenvalue weighted by atomic mass is 16.7. The van der Waals surface area contributed by atoms with Gasteiger partial charge in [-0.1, -0.05) is 50.5 Å². The Balaban J connectivity index is 1.49. The summed E-state index contributed by atoms with van der Waals surface area (Å²) in [5.41, 5.74) is 0.961. The summed E-state index contributed by atoms with van der Waals surface area (Å²) >= 11 is 0. The van der Waals surface area contributed by atoms with Gasteiger partial charge in [0.15, 0.2) is 0 Å². The quantitative estimate of drug-likeness (QED) is 0.660. The highest BCUT2D eigenvalue weighted by Gasteiger charge is 2.52. The van der Waals surface area contributed by atoms with Crippen LogP contribution in [0.1, 0.15) is 85.1 Å². The number of amides is 1. The van der Waals surface area contributed by atoms with Crippen LogP contribution in [-0.4, -0.2) is 40.5 Å². The molecular formula is C24H35BN2O3. The molecule has 5 nitrogen and oxygen atoms in total. The molecule has 1 aromatic rings. The molecule has 2 heterocycles. The predicted octanol–water partition coefficient (Wildman–Crippen LogP) is 4.23. The lowest BCUT2D eigenvalue weighted by Crippen LogP contribution is -2.41. The number of carbonyl (C=O) groups is 1. The molecule has 30 heavy (non-hydrogen) atoms. The van der Waals surface area contributed by atoms with Gasteiger partial charge in [0.05, 0.1) is 17.7 Å². The van der Waals surface area contributed by atoms with Crippen LogP contribution in [0, 0.1) is 0 Å². The van der Waals surface area contributed by atoms with Gasteiger partial charge in [0.25, 0.3) is 5.91 Å². The van der Waals surface area contributed by atoms with Gasteiger partial charge in [-0.05, 0) is 58.0 Å². The van der Waals surface area contributed by atoms with Gasteiger partial charge in [-0.15, -0.1) is 0 Å². The minimum Gasteiger partial charge on any atom is -0.399 e. The number of carbonyl (C=O) groups excluding carboxylic acids is 1. The molecule has 0 unspecified atom stereocenters. The molecular weight excluding hydrogens is 375 g/mol. The molecule has 0 aromatic heterocycles. The SMILES string of the molecule is CCCCC1=NC2(CCCC2)C(=O)N1Cc1ccc(B2OC(C)(C)C(C)(C)O2)cc1. The lowest BCUT2D eigenvalue weighted by atomic mass is 9.79. The van der Waals surface area contributed by atoms with E-state index in [2.05, 4.69) is 58.9 Å². The first kappa shape index (κ1) is 21.6. The molecule has 1 amide bonds. The van der Waals surface area contributed by atoms with E-state index in [1.54, 1.807) is 0 Å². The van der Waals surface area contributed by atoms with Gasteiger partial charge in [0, 0.05) is 6.42 Å². The maximum absolute atomic E-state index is 13.3. The number of nitrogens with zero attached hydrogens (tertiary/aromatic N) is 2. The van der Waals surface area contributed by atoms with Gasteiger partial charge in [-0.25, -0.2) is 0 Å². The molecule has 1 aliphatic carbocycles. The number of rotatable bonds is 6. The van der Waals surface area contributed by atoms with E-state index in [4.69, 9.17) is 14.3 Å². The Morgan fingerprint density at radius 2 is 1.63 bits per heavy atom. The molecule has 1 saturated carbocycles. The fraction of sp³-hybridized carbons (Fsp3) is 0.667. The third kappa shape index (κ3) is 3.73. The summed E-state index contributed by atoms with van der Waals surface area (Å²) < 4.78 is 12.3. The van der Waals surface area contributed by atoms with Crippen molar-refractivity contribution in [1.82, 2.24) is 4.90 Å². The summed E-state index contributed by atoms with van der Waals surface area (Å²) in [4.78, 5) is 20.2. The van der Waals surface area contributed by atoms with E-state index in [0.29, 0.717) is 6.54 Å². The van der Waals surface area contributed by atoms with E-state index >= 15 is 0 Å².